The van der Waals surface area contributed by atoms with E-state index >= 15 is 0 Å². The Morgan fingerprint density at radius 3 is 2.88 bits per heavy atom. The molecule has 3 heteroatoms. The van der Waals surface area contributed by atoms with Crippen LogP contribution >= 0.6 is 11.8 Å². The van der Waals surface area contributed by atoms with Crippen molar-refractivity contribution < 1.29 is 9.53 Å². The van der Waals surface area contributed by atoms with E-state index in [0.29, 0.717) is 0 Å². The van der Waals surface area contributed by atoms with E-state index in [1.807, 2.05) is 25.1 Å². The second-order valence-corrected chi connectivity index (χ2v) is 4.84. The average Bonchev–Trinajstić information content (AvgIpc) is 2.30. The van der Waals surface area contributed by atoms with Gasteiger partial charge in [-0.05, 0) is 24.6 Å². The van der Waals surface area contributed by atoms with Gasteiger partial charge in [0.15, 0.2) is 5.12 Å². The zero-order chi connectivity index (χ0) is 12.7. The number of thioether (sulfide) groups is 1. The molecular weight excluding hydrogens is 232 g/mol. The summed E-state index contributed by atoms with van der Waals surface area (Å²) in [5.41, 5.74) is 2.12. The predicted molar refractivity (Wildman–Crippen MR) is 72.4 cm³/mol. The molecule has 0 aliphatic heterocycles. The van der Waals surface area contributed by atoms with E-state index in [0.717, 1.165) is 29.1 Å². The Morgan fingerprint density at radius 2 is 2.24 bits per heavy atom. The quantitative estimate of drug-likeness (QED) is 0.607. The van der Waals surface area contributed by atoms with E-state index in [9.17, 15) is 4.79 Å². The Morgan fingerprint density at radius 1 is 1.47 bits per heavy atom. The fourth-order valence-electron chi connectivity index (χ4n) is 1.27. The van der Waals surface area contributed by atoms with Crippen molar-refractivity contribution in [1.82, 2.24) is 0 Å². The van der Waals surface area contributed by atoms with Gasteiger partial charge >= 0.3 is 0 Å². The number of carbonyl (C=O) groups is 1. The maximum absolute atomic E-state index is 10.7. The minimum atomic E-state index is 0.143. The third-order valence-corrected chi connectivity index (χ3v) is 3.01. The maximum atomic E-state index is 10.7. The topological polar surface area (TPSA) is 26.3 Å². The van der Waals surface area contributed by atoms with Crippen LogP contribution in [0, 0.1) is 18.8 Å². The zero-order valence-electron chi connectivity index (χ0n) is 10.4. The van der Waals surface area contributed by atoms with Gasteiger partial charge in [-0.1, -0.05) is 29.7 Å². The van der Waals surface area contributed by atoms with Crippen molar-refractivity contribution >= 4 is 16.9 Å². The van der Waals surface area contributed by atoms with Crippen LogP contribution in [0.1, 0.15) is 24.5 Å². The highest BCUT2D eigenvalue weighted by atomic mass is 32.2. The van der Waals surface area contributed by atoms with Crippen molar-refractivity contribution in [2.24, 2.45) is 0 Å². The third-order valence-electron chi connectivity index (χ3n) is 2.20. The van der Waals surface area contributed by atoms with Crippen molar-refractivity contribution in [2.45, 2.75) is 20.3 Å². The Labute approximate surface area is 107 Å². The molecule has 0 spiro atoms. The number of aryl methyl sites for hydroxylation is 1. The fraction of sp³-hybridized carbons (Fsp3) is 0.357. The first-order valence-corrected chi connectivity index (χ1v) is 6.39. The van der Waals surface area contributed by atoms with E-state index in [2.05, 4.69) is 11.8 Å². The molecule has 0 aliphatic carbocycles. The van der Waals surface area contributed by atoms with Crippen molar-refractivity contribution in [3.8, 4) is 17.6 Å². The average molecular weight is 248 g/mol. The molecule has 1 aromatic carbocycles. The third kappa shape index (κ3) is 4.97. The molecule has 2 nitrogen and oxygen atoms in total. The van der Waals surface area contributed by atoms with Crippen molar-refractivity contribution in [3.63, 3.8) is 0 Å². The number of ether oxygens (including phenoxy) is 1. The van der Waals surface area contributed by atoms with Gasteiger partial charge in [-0.2, -0.15) is 0 Å². The smallest absolute Gasteiger partial charge is 0.185 e. The van der Waals surface area contributed by atoms with Crippen LogP contribution in [0.5, 0.6) is 5.75 Å². The maximum Gasteiger partial charge on any atom is 0.185 e. The molecule has 0 atom stereocenters. The van der Waals surface area contributed by atoms with Crippen LogP contribution in [-0.4, -0.2) is 18.0 Å². The summed E-state index contributed by atoms with van der Waals surface area (Å²) in [6.45, 7) is 3.60. The fourth-order valence-corrected chi connectivity index (χ4v) is 1.76. The van der Waals surface area contributed by atoms with Gasteiger partial charge in [0.2, 0.25) is 0 Å². The van der Waals surface area contributed by atoms with Gasteiger partial charge < -0.3 is 4.74 Å². The summed E-state index contributed by atoms with van der Waals surface area (Å²) in [5, 5.41) is 0.143. The summed E-state index contributed by atoms with van der Waals surface area (Å²) in [5.74, 6) is 7.75. The molecule has 0 saturated heterocycles. The Kier molecular flexibility index (Phi) is 5.65. The number of benzene rings is 1. The normalized spacial score (nSPS) is 9.35. The molecule has 0 saturated carbocycles. The van der Waals surface area contributed by atoms with Crippen LogP contribution in [-0.2, 0) is 4.79 Å². The van der Waals surface area contributed by atoms with Crippen LogP contribution in [0.2, 0.25) is 0 Å². The van der Waals surface area contributed by atoms with E-state index in [-0.39, 0.29) is 5.12 Å². The standard InChI is InChI=1S/C14H16O2S/c1-11-7-8-14(16-3)10-13(11)6-4-5-9-17-12(2)15/h7-8,10H,5,9H2,1-3H3. The molecule has 0 fully saturated rings. The van der Waals surface area contributed by atoms with Gasteiger partial charge in [0.1, 0.15) is 5.75 Å². The largest absolute Gasteiger partial charge is 0.497 e. The minimum Gasteiger partial charge on any atom is -0.497 e. The molecule has 0 radical (unpaired) electrons. The molecule has 17 heavy (non-hydrogen) atoms. The second-order valence-electron chi connectivity index (χ2n) is 3.57. The van der Waals surface area contributed by atoms with E-state index in [1.54, 1.807) is 14.0 Å². The van der Waals surface area contributed by atoms with E-state index < -0.39 is 0 Å². The highest BCUT2D eigenvalue weighted by Gasteiger charge is 1.97. The molecule has 0 amide bonds. The van der Waals surface area contributed by atoms with Gasteiger partial charge in [-0.3, -0.25) is 4.79 Å². The van der Waals surface area contributed by atoms with Gasteiger partial charge in [0, 0.05) is 24.7 Å². The lowest BCUT2D eigenvalue weighted by Gasteiger charge is -2.02. The molecule has 0 aliphatic rings. The Balaban J connectivity index is 2.61. The predicted octanol–water partition coefficient (Wildman–Crippen LogP) is 3.02. The molecule has 0 N–H and O–H groups in total. The van der Waals surface area contributed by atoms with Crippen LogP contribution in [0.4, 0.5) is 0 Å². The van der Waals surface area contributed by atoms with Gasteiger partial charge in [0.05, 0.1) is 7.11 Å². The number of hydrogen-bond donors (Lipinski definition) is 0. The summed E-state index contributed by atoms with van der Waals surface area (Å²) in [4.78, 5) is 10.7. The van der Waals surface area contributed by atoms with Crippen LogP contribution in [0.25, 0.3) is 0 Å². The molecule has 0 aromatic heterocycles. The first-order chi connectivity index (χ1) is 8.13. The van der Waals surface area contributed by atoms with E-state index in [4.69, 9.17) is 4.74 Å². The summed E-state index contributed by atoms with van der Waals surface area (Å²) < 4.78 is 5.15. The molecule has 0 unspecified atom stereocenters. The van der Waals surface area contributed by atoms with Crippen molar-refractivity contribution in [3.05, 3.63) is 29.3 Å². The van der Waals surface area contributed by atoms with Gasteiger partial charge in [0.25, 0.3) is 0 Å². The SMILES string of the molecule is COc1ccc(C)c(C#CCCSC(C)=O)c1. The summed E-state index contributed by atoms with van der Waals surface area (Å²) in [7, 11) is 1.64. The zero-order valence-corrected chi connectivity index (χ0v) is 11.2. The molecule has 0 bridgehead atoms. The lowest BCUT2D eigenvalue weighted by Crippen LogP contribution is -1.87. The molecule has 0 heterocycles. The lowest BCUT2D eigenvalue weighted by atomic mass is 10.1. The Hall–Kier alpha value is -1.40. The highest BCUT2D eigenvalue weighted by Crippen LogP contribution is 2.16. The second kappa shape index (κ2) is 7.03. The molecule has 90 valence electrons. The lowest BCUT2D eigenvalue weighted by molar-refractivity contribution is -0.109. The summed E-state index contributed by atoms with van der Waals surface area (Å²) >= 11 is 1.31. The molecule has 1 rings (SSSR count). The van der Waals surface area contributed by atoms with E-state index in [1.165, 1.54) is 11.8 Å². The molecular formula is C14H16O2S. The monoisotopic (exact) mass is 248 g/mol. The minimum absolute atomic E-state index is 0.143. The first-order valence-electron chi connectivity index (χ1n) is 5.40. The van der Waals surface area contributed by atoms with Crippen LogP contribution < -0.4 is 4.74 Å². The first kappa shape index (κ1) is 13.7. The van der Waals surface area contributed by atoms with Crippen molar-refractivity contribution in [1.29, 1.82) is 0 Å². The number of carbonyl (C=O) groups excluding carboxylic acids is 1. The summed E-state index contributed by atoms with van der Waals surface area (Å²) in [6, 6.07) is 5.85. The van der Waals surface area contributed by atoms with Crippen LogP contribution in [0.3, 0.4) is 0 Å². The Bertz CT molecular complexity index is 455. The molecule has 1 aromatic rings. The number of rotatable bonds is 3. The van der Waals surface area contributed by atoms with Gasteiger partial charge in [-0.15, -0.1) is 0 Å². The van der Waals surface area contributed by atoms with Gasteiger partial charge in [-0.25, -0.2) is 0 Å². The number of methoxy groups -OCH3 is 1. The highest BCUT2D eigenvalue weighted by molar-refractivity contribution is 8.13. The summed E-state index contributed by atoms with van der Waals surface area (Å²) in [6.07, 6.45) is 0.723. The van der Waals surface area contributed by atoms with Crippen molar-refractivity contribution in [2.75, 3.05) is 12.9 Å². The number of hydrogen-bond acceptors (Lipinski definition) is 3. The van der Waals surface area contributed by atoms with Crippen LogP contribution in [0.15, 0.2) is 18.2 Å².